The van der Waals surface area contributed by atoms with E-state index in [0.717, 1.165) is 25.6 Å². The monoisotopic (exact) mass is 254 g/mol. The first kappa shape index (κ1) is 14.3. The van der Waals surface area contributed by atoms with Crippen molar-refractivity contribution >= 4 is 0 Å². The Balaban J connectivity index is 1.73. The van der Waals surface area contributed by atoms with Gasteiger partial charge in [-0.1, -0.05) is 6.92 Å². The van der Waals surface area contributed by atoms with Gasteiger partial charge in [0.15, 0.2) is 0 Å². The third kappa shape index (κ3) is 4.22. The first-order valence-corrected chi connectivity index (χ1v) is 7.87. The van der Waals surface area contributed by atoms with Gasteiger partial charge in [0.1, 0.15) is 0 Å². The SMILES string of the molecule is CCCNC(C)C1CCCN(CC2CCCO2)C1. The minimum absolute atomic E-state index is 0.516. The highest BCUT2D eigenvalue weighted by Gasteiger charge is 2.27. The maximum Gasteiger partial charge on any atom is 0.0702 e. The summed E-state index contributed by atoms with van der Waals surface area (Å²) in [5, 5.41) is 3.66. The van der Waals surface area contributed by atoms with Crippen LogP contribution in [0.5, 0.6) is 0 Å². The predicted molar refractivity (Wildman–Crippen MR) is 75.9 cm³/mol. The summed E-state index contributed by atoms with van der Waals surface area (Å²) < 4.78 is 5.76. The molecule has 3 heteroatoms. The predicted octanol–water partition coefficient (Wildman–Crippen LogP) is 2.27. The first-order valence-electron chi connectivity index (χ1n) is 7.87. The zero-order valence-electron chi connectivity index (χ0n) is 12.2. The molecule has 0 aromatic rings. The molecule has 3 atom stereocenters. The van der Waals surface area contributed by atoms with E-state index < -0.39 is 0 Å². The van der Waals surface area contributed by atoms with Crippen molar-refractivity contribution < 1.29 is 4.74 Å². The van der Waals surface area contributed by atoms with Crippen molar-refractivity contribution in [3.8, 4) is 0 Å². The summed E-state index contributed by atoms with van der Waals surface area (Å²) in [6, 6.07) is 0.664. The molecule has 2 aliphatic rings. The minimum Gasteiger partial charge on any atom is -0.377 e. The molecule has 0 saturated carbocycles. The summed E-state index contributed by atoms with van der Waals surface area (Å²) in [4.78, 5) is 2.63. The van der Waals surface area contributed by atoms with Gasteiger partial charge in [0.2, 0.25) is 0 Å². The van der Waals surface area contributed by atoms with Crippen LogP contribution in [-0.4, -0.2) is 49.8 Å². The Morgan fingerprint density at radius 2 is 2.22 bits per heavy atom. The Bertz CT molecular complexity index is 229. The van der Waals surface area contributed by atoms with E-state index in [-0.39, 0.29) is 0 Å². The number of hydrogen-bond donors (Lipinski definition) is 1. The molecule has 106 valence electrons. The molecule has 2 rings (SSSR count). The summed E-state index contributed by atoms with van der Waals surface area (Å²) >= 11 is 0. The van der Waals surface area contributed by atoms with Gasteiger partial charge in [-0.15, -0.1) is 0 Å². The molecule has 3 nitrogen and oxygen atoms in total. The maximum absolute atomic E-state index is 5.76. The summed E-state index contributed by atoms with van der Waals surface area (Å²) in [5.41, 5.74) is 0. The van der Waals surface area contributed by atoms with Gasteiger partial charge in [0.05, 0.1) is 6.10 Å². The highest BCUT2D eigenvalue weighted by molar-refractivity contribution is 4.82. The van der Waals surface area contributed by atoms with E-state index in [1.807, 2.05) is 0 Å². The van der Waals surface area contributed by atoms with Gasteiger partial charge in [0, 0.05) is 25.7 Å². The second kappa shape index (κ2) is 7.46. The van der Waals surface area contributed by atoms with E-state index in [1.54, 1.807) is 0 Å². The molecule has 2 aliphatic heterocycles. The topological polar surface area (TPSA) is 24.5 Å². The van der Waals surface area contributed by atoms with Gasteiger partial charge >= 0.3 is 0 Å². The van der Waals surface area contributed by atoms with Crippen molar-refractivity contribution in [3.63, 3.8) is 0 Å². The van der Waals surface area contributed by atoms with Crippen LogP contribution < -0.4 is 5.32 Å². The van der Waals surface area contributed by atoms with Crippen molar-refractivity contribution in [3.05, 3.63) is 0 Å². The summed E-state index contributed by atoms with van der Waals surface area (Å²) in [6.07, 6.45) is 7.02. The minimum atomic E-state index is 0.516. The van der Waals surface area contributed by atoms with Crippen LogP contribution >= 0.6 is 0 Å². The van der Waals surface area contributed by atoms with E-state index in [2.05, 4.69) is 24.1 Å². The van der Waals surface area contributed by atoms with Crippen LogP contribution in [0.4, 0.5) is 0 Å². The molecule has 0 bridgehead atoms. The molecule has 18 heavy (non-hydrogen) atoms. The Hall–Kier alpha value is -0.120. The van der Waals surface area contributed by atoms with Gasteiger partial charge < -0.3 is 15.0 Å². The highest BCUT2D eigenvalue weighted by atomic mass is 16.5. The largest absolute Gasteiger partial charge is 0.377 e. The molecule has 0 aliphatic carbocycles. The van der Waals surface area contributed by atoms with Gasteiger partial charge in [-0.2, -0.15) is 0 Å². The van der Waals surface area contributed by atoms with Crippen molar-refractivity contribution in [1.29, 1.82) is 0 Å². The smallest absolute Gasteiger partial charge is 0.0702 e. The van der Waals surface area contributed by atoms with Crippen LogP contribution in [0, 0.1) is 5.92 Å². The molecule has 0 spiro atoms. The third-order valence-electron chi connectivity index (χ3n) is 4.45. The molecule has 0 amide bonds. The van der Waals surface area contributed by atoms with Crippen LogP contribution in [0.2, 0.25) is 0 Å². The van der Waals surface area contributed by atoms with Gasteiger partial charge in [-0.05, 0) is 58.0 Å². The zero-order chi connectivity index (χ0) is 12.8. The first-order chi connectivity index (χ1) is 8.79. The Labute approximate surface area is 112 Å². The summed E-state index contributed by atoms with van der Waals surface area (Å²) in [5.74, 6) is 0.826. The number of piperidine rings is 1. The number of nitrogens with zero attached hydrogens (tertiary/aromatic N) is 1. The lowest BCUT2D eigenvalue weighted by Gasteiger charge is -2.37. The fourth-order valence-corrected chi connectivity index (χ4v) is 3.28. The fraction of sp³-hybridized carbons (Fsp3) is 1.00. The van der Waals surface area contributed by atoms with Crippen molar-refractivity contribution in [2.75, 3.05) is 32.8 Å². The van der Waals surface area contributed by atoms with E-state index in [1.165, 1.54) is 45.2 Å². The molecular formula is C15H30N2O. The van der Waals surface area contributed by atoms with Crippen LogP contribution in [-0.2, 0) is 4.74 Å². The molecule has 2 heterocycles. The number of ether oxygens (including phenoxy) is 1. The Morgan fingerprint density at radius 3 is 2.94 bits per heavy atom. The summed E-state index contributed by atoms with van der Waals surface area (Å²) in [7, 11) is 0. The molecular weight excluding hydrogens is 224 g/mol. The van der Waals surface area contributed by atoms with E-state index in [9.17, 15) is 0 Å². The molecule has 0 aromatic heterocycles. The Kier molecular flexibility index (Phi) is 5.93. The average molecular weight is 254 g/mol. The van der Waals surface area contributed by atoms with Crippen LogP contribution in [0.1, 0.15) is 46.0 Å². The average Bonchev–Trinajstić information content (AvgIpc) is 2.89. The van der Waals surface area contributed by atoms with Gasteiger partial charge in [-0.25, -0.2) is 0 Å². The standard InChI is InChI=1S/C15H30N2O/c1-3-8-16-13(2)14-6-4-9-17(11-14)12-15-7-5-10-18-15/h13-16H,3-12H2,1-2H3. The third-order valence-corrected chi connectivity index (χ3v) is 4.45. The molecule has 2 fully saturated rings. The number of likely N-dealkylation sites (tertiary alicyclic amines) is 1. The second-order valence-electron chi connectivity index (χ2n) is 6.04. The van der Waals surface area contributed by atoms with Crippen molar-refractivity contribution in [2.45, 2.75) is 58.1 Å². The van der Waals surface area contributed by atoms with Gasteiger partial charge in [-0.3, -0.25) is 0 Å². The van der Waals surface area contributed by atoms with E-state index >= 15 is 0 Å². The van der Waals surface area contributed by atoms with Crippen LogP contribution in [0.25, 0.3) is 0 Å². The van der Waals surface area contributed by atoms with Crippen molar-refractivity contribution in [2.24, 2.45) is 5.92 Å². The van der Waals surface area contributed by atoms with E-state index in [4.69, 9.17) is 4.74 Å². The van der Waals surface area contributed by atoms with E-state index in [0.29, 0.717) is 12.1 Å². The summed E-state index contributed by atoms with van der Waals surface area (Å²) in [6.45, 7) is 10.4. The molecule has 3 unspecified atom stereocenters. The Morgan fingerprint density at radius 1 is 1.33 bits per heavy atom. The highest BCUT2D eigenvalue weighted by Crippen LogP contribution is 2.22. The lowest BCUT2D eigenvalue weighted by Crippen LogP contribution is -2.46. The lowest BCUT2D eigenvalue weighted by molar-refractivity contribution is 0.0524. The molecule has 1 N–H and O–H groups in total. The van der Waals surface area contributed by atoms with Gasteiger partial charge in [0.25, 0.3) is 0 Å². The molecule has 0 aromatic carbocycles. The van der Waals surface area contributed by atoms with Crippen LogP contribution in [0.3, 0.4) is 0 Å². The number of rotatable bonds is 6. The van der Waals surface area contributed by atoms with Crippen molar-refractivity contribution in [1.82, 2.24) is 10.2 Å². The number of hydrogen-bond acceptors (Lipinski definition) is 3. The maximum atomic E-state index is 5.76. The number of nitrogens with one attached hydrogen (secondary N) is 1. The van der Waals surface area contributed by atoms with Crippen LogP contribution in [0.15, 0.2) is 0 Å². The second-order valence-corrected chi connectivity index (χ2v) is 6.04. The fourth-order valence-electron chi connectivity index (χ4n) is 3.28. The lowest BCUT2D eigenvalue weighted by atomic mass is 9.91. The quantitative estimate of drug-likeness (QED) is 0.787. The molecule has 0 radical (unpaired) electrons. The molecule has 2 saturated heterocycles. The zero-order valence-corrected chi connectivity index (χ0v) is 12.2. The normalized spacial score (nSPS) is 31.7.